The Labute approximate surface area is 186 Å². The van der Waals surface area contributed by atoms with Gasteiger partial charge in [-0.1, -0.05) is 19.3 Å². The predicted molar refractivity (Wildman–Crippen MR) is 122 cm³/mol. The number of carbonyl (C=O) groups is 2. The Balaban J connectivity index is 1.65. The lowest BCUT2D eigenvalue weighted by atomic mass is 10.0. The first kappa shape index (κ1) is 22.3. The van der Waals surface area contributed by atoms with E-state index in [1.165, 1.54) is 19.3 Å². The molecular weight excluding hydrogens is 390 g/mol. The lowest BCUT2D eigenvalue weighted by molar-refractivity contribution is -0.116. The van der Waals surface area contributed by atoms with Crippen molar-refractivity contribution in [2.45, 2.75) is 83.3 Å². The van der Waals surface area contributed by atoms with Crippen LogP contribution in [0.4, 0.5) is 5.69 Å². The molecule has 2 heterocycles. The van der Waals surface area contributed by atoms with Crippen molar-refractivity contribution in [1.29, 1.82) is 0 Å². The van der Waals surface area contributed by atoms with Crippen molar-refractivity contribution < 1.29 is 14.3 Å². The van der Waals surface area contributed by atoms with Gasteiger partial charge in [0, 0.05) is 56.6 Å². The molecule has 1 aliphatic carbocycles. The van der Waals surface area contributed by atoms with E-state index in [4.69, 9.17) is 4.74 Å². The van der Waals surface area contributed by atoms with Crippen molar-refractivity contribution in [2.24, 2.45) is 0 Å². The molecule has 0 radical (unpaired) electrons. The first-order chi connectivity index (χ1) is 15.1. The second kappa shape index (κ2) is 10.6. The molecule has 1 aromatic rings. The maximum atomic E-state index is 12.7. The third kappa shape index (κ3) is 6.07. The summed E-state index contributed by atoms with van der Waals surface area (Å²) in [5, 5.41) is 3.10. The summed E-state index contributed by atoms with van der Waals surface area (Å²) in [6.07, 6.45) is 10.1. The summed E-state index contributed by atoms with van der Waals surface area (Å²) in [6, 6.07) is 6.74. The van der Waals surface area contributed by atoms with Gasteiger partial charge in [-0.15, -0.1) is 0 Å². The zero-order valence-electron chi connectivity index (χ0n) is 18.9. The van der Waals surface area contributed by atoms with Crippen LogP contribution in [-0.4, -0.2) is 55.1 Å². The van der Waals surface area contributed by atoms with Crippen LogP contribution in [0.2, 0.25) is 0 Å². The van der Waals surface area contributed by atoms with E-state index in [0.717, 1.165) is 82.6 Å². The molecule has 170 valence electrons. The van der Waals surface area contributed by atoms with Crippen molar-refractivity contribution in [3.8, 4) is 0 Å². The minimum atomic E-state index is 0.00316. The summed E-state index contributed by atoms with van der Waals surface area (Å²) in [4.78, 5) is 29.8. The third-order valence-corrected chi connectivity index (χ3v) is 6.83. The van der Waals surface area contributed by atoms with E-state index in [0.29, 0.717) is 17.6 Å². The van der Waals surface area contributed by atoms with Gasteiger partial charge < -0.3 is 15.0 Å². The normalized spacial score (nSPS) is 22.2. The summed E-state index contributed by atoms with van der Waals surface area (Å²) in [7, 11) is 0. The highest BCUT2D eigenvalue weighted by atomic mass is 16.5. The van der Waals surface area contributed by atoms with E-state index in [-0.39, 0.29) is 11.8 Å². The monoisotopic (exact) mass is 427 g/mol. The number of ether oxygens (including phenoxy) is 1. The Morgan fingerprint density at radius 1 is 0.968 bits per heavy atom. The molecule has 6 nitrogen and oxygen atoms in total. The van der Waals surface area contributed by atoms with E-state index < -0.39 is 0 Å². The first-order valence-corrected chi connectivity index (χ1v) is 12.2. The van der Waals surface area contributed by atoms with E-state index in [1.54, 1.807) is 6.92 Å². The van der Waals surface area contributed by atoms with E-state index in [1.807, 2.05) is 23.1 Å². The molecule has 0 unspecified atom stereocenters. The van der Waals surface area contributed by atoms with Gasteiger partial charge in [-0.05, 0) is 68.8 Å². The molecule has 31 heavy (non-hydrogen) atoms. The Morgan fingerprint density at radius 2 is 1.68 bits per heavy atom. The molecule has 0 spiro atoms. The predicted octanol–water partition coefficient (Wildman–Crippen LogP) is 3.88. The molecule has 1 aromatic carbocycles. The summed E-state index contributed by atoms with van der Waals surface area (Å²) in [6.45, 7) is 5.86. The second-order valence-corrected chi connectivity index (χ2v) is 9.34. The second-order valence-electron chi connectivity index (χ2n) is 9.34. The van der Waals surface area contributed by atoms with Crippen LogP contribution in [0.1, 0.15) is 80.6 Å². The van der Waals surface area contributed by atoms with Gasteiger partial charge >= 0.3 is 0 Å². The molecule has 0 aromatic heterocycles. The number of nitrogens with one attached hydrogen (secondary N) is 1. The molecule has 6 heteroatoms. The Morgan fingerprint density at radius 3 is 2.39 bits per heavy atom. The average molecular weight is 428 g/mol. The van der Waals surface area contributed by atoms with Gasteiger partial charge in [-0.2, -0.15) is 0 Å². The number of hydrogen-bond donors (Lipinski definition) is 1. The number of nitrogens with zero attached hydrogens (tertiary/aromatic N) is 2. The van der Waals surface area contributed by atoms with Gasteiger partial charge in [-0.3, -0.25) is 14.5 Å². The fourth-order valence-corrected chi connectivity index (χ4v) is 4.84. The Bertz CT molecular complexity index is 771. The van der Waals surface area contributed by atoms with Crippen LogP contribution in [0.3, 0.4) is 0 Å². The lowest BCUT2D eigenvalue weighted by Crippen LogP contribution is -2.40. The highest BCUT2D eigenvalue weighted by molar-refractivity contribution is 5.97. The largest absolute Gasteiger partial charge is 0.381 e. The maximum Gasteiger partial charge on any atom is 0.251 e. The number of benzene rings is 1. The van der Waals surface area contributed by atoms with E-state index >= 15 is 0 Å². The lowest BCUT2D eigenvalue weighted by Gasteiger charge is -2.36. The number of amides is 2. The van der Waals surface area contributed by atoms with Crippen LogP contribution in [0.5, 0.6) is 0 Å². The van der Waals surface area contributed by atoms with E-state index in [2.05, 4.69) is 10.2 Å². The number of carbonyl (C=O) groups excluding carboxylic acids is 2. The zero-order chi connectivity index (χ0) is 21.6. The van der Waals surface area contributed by atoms with Gasteiger partial charge in [-0.25, -0.2) is 0 Å². The van der Waals surface area contributed by atoms with Crippen LogP contribution >= 0.6 is 0 Å². The van der Waals surface area contributed by atoms with Gasteiger partial charge in [0.05, 0.1) is 0 Å². The number of fused-ring (bicyclic) bond motifs is 1. The number of anilines is 1. The van der Waals surface area contributed by atoms with Crippen molar-refractivity contribution in [2.75, 3.05) is 31.2 Å². The quantitative estimate of drug-likeness (QED) is 0.795. The minimum Gasteiger partial charge on any atom is -0.381 e. The molecule has 0 atom stereocenters. The first-order valence-electron chi connectivity index (χ1n) is 12.2. The van der Waals surface area contributed by atoms with Crippen molar-refractivity contribution >= 4 is 17.5 Å². The third-order valence-electron chi connectivity index (χ3n) is 6.83. The Hall–Kier alpha value is -1.92. The highest BCUT2D eigenvalue weighted by Gasteiger charge is 2.27. The SMILES string of the molecule is CC(=O)N1CCCCCCCN(C2CCOCC2)Cc2cc(C(=O)NC3CC3)ccc21. The molecule has 3 aliphatic rings. The average Bonchev–Trinajstić information content (AvgIpc) is 3.58. The van der Waals surface area contributed by atoms with Gasteiger partial charge in [0.15, 0.2) is 0 Å². The van der Waals surface area contributed by atoms with Crippen molar-refractivity contribution in [1.82, 2.24) is 10.2 Å². The van der Waals surface area contributed by atoms with Gasteiger partial charge in [0.1, 0.15) is 0 Å². The number of hydrogen-bond acceptors (Lipinski definition) is 4. The highest BCUT2D eigenvalue weighted by Crippen LogP contribution is 2.29. The molecule has 1 N–H and O–H groups in total. The molecule has 2 aliphatic heterocycles. The molecule has 1 saturated carbocycles. The minimum absolute atomic E-state index is 0.00316. The van der Waals surface area contributed by atoms with Crippen molar-refractivity contribution in [3.63, 3.8) is 0 Å². The fourth-order valence-electron chi connectivity index (χ4n) is 4.84. The van der Waals surface area contributed by atoms with Crippen LogP contribution in [0.15, 0.2) is 18.2 Å². The van der Waals surface area contributed by atoms with Crippen LogP contribution in [-0.2, 0) is 16.1 Å². The molecule has 0 bridgehead atoms. The standard InChI is InChI=1S/C25H37N3O3/c1-19(29)28-14-6-4-2-3-5-13-27(23-11-15-31-16-12-23)18-21-17-20(7-10-24(21)28)25(30)26-22-8-9-22/h7,10,17,22-23H,2-6,8-9,11-16,18H2,1H3,(H,26,30). The van der Waals surface area contributed by atoms with Crippen LogP contribution < -0.4 is 10.2 Å². The number of rotatable bonds is 3. The zero-order valence-corrected chi connectivity index (χ0v) is 18.9. The van der Waals surface area contributed by atoms with Crippen LogP contribution in [0.25, 0.3) is 0 Å². The molecular formula is C25H37N3O3. The summed E-state index contributed by atoms with van der Waals surface area (Å²) >= 11 is 0. The molecule has 1 saturated heterocycles. The molecule has 2 fully saturated rings. The van der Waals surface area contributed by atoms with Crippen molar-refractivity contribution in [3.05, 3.63) is 29.3 Å². The fraction of sp³-hybridized carbons (Fsp3) is 0.680. The summed E-state index contributed by atoms with van der Waals surface area (Å²) in [5.74, 6) is 0.0783. The molecule has 4 rings (SSSR count). The maximum absolute atomic E-state index is 12.7. The van der Waals surface area contributed by atoms with Gasteiger partial charge in [0.25, 0.3) is 5.91 Å². The van der Waals surface area contributed by atoms with Crippen LogP contribution in [0, 0.1) is 0 Å². The van der Waals surface area contributed by atoms with E-state index in [9.17, 15) is 9.59 Å². The topological polar surface area (TPSA) is 61.9 Å². The summed E-state index contributed by atoms with van der Waals surface area (Å²) < 4.78 is 5.61. The van der Waals surface area contributed by atoms with Gasteiger partial charge in [0.2, 0.25) is 5.91 Å². The smallest absolute Gasteiger partial charge is 0.251 e. The summed E-state index contributed by atoms with van der Waals surface area (Å²) in [5.41, 5.74) is 2.76. The Kier molecular flexibility index (Phi) is 7.62. The molecule has 2 amide bonds.